The molecule has 1 aliphatic carbocycles. The second-order valence-corrected chi connectivity index (χ2v) is 6.03. The van der Waals surface area contributed by atoms with Gasteiger partial charge in [0.25, 0.3) is 0 Å². The summed E-state index contributed by atoms with van der Waals surface area (Å²) in [6.07, 6.45) is 5.34. The van der Waals surface area contributed by atoms with Gasteiger partial charge in [-0.1, -0.05) is 25.5 Å². The molecule has 0 aromatic carbocycles. The van der Waals surface area contributed by atoms with Crippen LogP contribution in [0.4, 0.5) is 0 Å². The Morgan fingerprint density at radius 2 is 2.11 bits per heavy atom. The lowest BCUT2D eigenvalue weighted by atomic mass is 9.81. The molecule has 5 atom stereocenters. The van der Waals surface area contributed by atoms with Gasteiger partial charge in [0, 0.05) is 5.92 Å². The molecule has 18 heavy (non-hydrogen) atoms. The largest absolute Gasteiger partial charge is 0.462 e. The van der Waals surface area contributed by atoms with Crippen LogP contribution in [-0.4, -0.2) is 23.3 Å². The topological polar surface area (TPSA) is 46.5 Å². The molecular weight excluding hydrogens is 228 g/mol. The molecular formula is C15H24O3. The molecule has 1 heterocycles. The lowest BCUT2D eigenvalue weighted by Gasteiger charge is -2.26. The average molecular weight is 252 g/mol. The normalized spacial score (nSPS) is 44.8. The van der Waals surface area contributed by atoms with Crippen LogP contribution in [0.1, 0.15) is 46.5 Å². The molecule has 2 aliphatic rings. The van der Waals surface area contributed by atoms with E-state index in [-0.39, 0.29) is 30.0 Å². The van der Waals surface area contributed by atoms with Crippen molar-refractivity contribution < 1.29 is 14.6 Å². The Kier molecular flexibility index (Phi) is 4.10. The second-order valence-electron chi connectivity index (χ2n) is 6.03. The summed E-state index contributed by atoms with van der Waals surface area (Å²) >= 11 is 0. The Morgan fingerprint density at radius 1 is 1.39 bits per heavy atom. The van der Waals surface area contributed by atoms with Gasteiger partial charge in [0.2, 0.25) is 0 Å². The number of rotatable bonds is 0. The minimum atomic E-state index is -0.326. The van der Waals surface area contributed by atoms with E-state index in [0.717, 1.165) is 19.3 Å². The zero-order valence-electron chi connectivity index (χ0n) is 11.6. The van der Waals surface area contributed by atoms with Crippen LogP contribution in [0.2, 0.25) is 0 Å². The summed E-state index contributed by atoms with van der Waals surface area (Å²) < 4.78 is 5.49. The lowest BCUT2D eigenvalue weighted by molar-refractivity contribution is -0.144. The minimum Gasteiger partial charge on any atom is -0.462 e. The van der Waals surface area contributed by atoms with Crippen molar-refractivity contribution in [3.8, 4) is 0 Å². The monoisotopic (exact) mass is 252 g/mol. The van der Waals surface area contributed by atoms with Crippen LogP contribution in [0.15, 0.2) is 11.6 Å². The molecule has 1 N–H and O–H groups in total. The fraction of sp³-hybridized carbons (Fsp3) is 0.800. The van der Waals surface area contributed by atoms with E-state index in [0.29, 0.717) is 12.3 Å². The zero-order chi connectivity index (χ0) is 13.3. The van der Waals surface area contributed by atoms with Crippen LogP contribution in [0, 0.1) is 17.8 Å². The molecule has 0 radical (unpaired) electrons. The summed E-state index contributed by atoms with van der Waals surface area (Å²) in [6.45, 7) is 6.12. The van der Waals surface area contributed by atoms with E-state index < -0.39 is 0 Å². The summed E-state index contributed by atoms with van der Waals surface area (Å²) in [4.78, 5) is 11.7. The number of hydrogen-bond donors (Lipinski definition) is 1. The first-order valence-electron chi connectivity index (χ1n) is 7.03. The molecule has 2 rings (SSSR count). The first-order valence-corrected chi connectivity index (χ1v) is 7.03. The van der Waals surface area contributed by atoms with Gasteiger partial charge in [-0.2, -0.15) is 0 Å². The maximum absolute atomic E-state index is 11.7. The van der Waals surface area contributed by atoms with Crippen molar-refractivity contribution in [3.05, 3.63) is 11.6 Å². The van der Waals surface area contributed by atoms with E-state index in [1.54, 1.807) is 0 Å². The summed E-state index contributed by atoms with van der Waals surface area (Å²) in [5.74, 6) is 0.436. The molecule has 0 spiro atoms. The smallest absolute Gasteiger partial charge is 0.309 e. The Labute approximate surface area is 109 Å². The standard InChI is InChI=1S/C15H24O3/c1-9-4-6-12-11(3)15(17)18-14(12)8-10(2)13(16)7-5-9/h5,10-14,16H,4,6-8H2,1-3H3/b9-5+/t10-,11?,12-,13?,14+/m0/s1. The van der Waals surface area contributed by atoms with Crippen LogP contribution >= 0.6 is 0 Å². The van der Waals surface area contributed by atoms with Crippen LogP contribution < -0.4 is 0 Å². The van der Waals surface area contributed by atoms with Crippen LogP contribution in [0.5, 0.6) is 0 Å². The average Bonchev–Trinajstić information content (AvgIpc) is 2.59. The summed E-state index contributed by atoms with van der Waals surface area (Å²) in [5.41, 5.74) is 1.31. The van der Waals surface area contributed by atoms with Crippen molar-refractivity contribution in [1.29, 1.82) is 0 Å². The highest BCUT2D eigenvalue weighted by Crippen LogP contribution is 2.37. The Morgan fingerprint density at radius 3 is 2.83 bits per heavy atom. The molecule has 1 fully saturated rings. The van der Waals surface area contributed by atoms with E-state index in [1.165, 1.54) is 5.57 Å². The predicted molar refractivity (Wildman–Crippen MR) is 69.9 cm³/mol. The fourth-order valence-electron chi connectivity index (χ4n) is 3.07. The van der Waals surface area contributed by atoms with Gasteiger partial charge in [0.15, 0.2) is 0 Å². The van der Waals surface area contributed by atoms with E-state index >= 15 is 0 Å². The number of aliphatic hydroxyl groups is 1. The van der Waals surface area contributed by atoms with Crippen molar-refractivity contribution >= 4 is 5.97 Å². The maximum Gasteiger partial charge on any atom is 0.309 e. The molecule has 1 saturated heterocycles. The first kappa shape index (κ1) is 13.6. The van der Waals surface area contributed by atoms with Crippen molar-refractivity contribution in [1.82, 2.24) is 0 Å². The summed E-state index contributed by atoms with van der Waals surface area (Å²) in [6, 6.07) is 0. The van der Waals surface area contributed by atoms with Gasteiger partial charge in [-0.25, -0.2) is 0 Å². The Balaban J connectivity index is 2.17. The molecule has 0 saturated carbocycles. The molecule has 3 nitrogen and oxygen atoms in total. The van der Waals surface area contributed by atoms with Crippen LogP contribution in [-0.2, 0) is 9.53 Å². The van der Waals surface area contributed by atoms with Gasteiger partial charge in [-0.05, 0) is 38.5 Å². The highest BCUT2D eigenvalue weighted by atomic mass is 16.6. The summed E-state index contributed by atoms with van der Waals surface area (Å²) in [5, 5.41) is 10.1. The van der Waals surface area contributed by atoms with Crippen molar-refractivity contribution in [3.63, 3.8) is 0 Å². The molecule has 102 valence electrons. The minimum absolute atomic E-state index is 0.00282. The number of hydrogen-bond acceptors (Lipinski definition) is 3. The van der Waals surface area contributed by atoms with E-state index in [1.807, 2.05) is 13.8 Å². The van der Waals surface area contributed by atoms with Crippen LogP contribution in [0.25, 0.3) is 0 Å². The highest BCUT2D eigenvalue weighted by molar-refractivity contribution is 5.74. The summed E-state index contributed by atoms with van der Waals surface area (Å²) in [7, 11) is 0. The molecule has 2 unspecified atom stereocenters. The van der Waals surface area contributed by atoms with Gasteiger partial charge in [-0.3, -0.25) is 4.79 Å². The Hall–Kier alpha value is -0.830. The second kappa shape index (κ2) is 5.43. The first-order chi connectivity index (χ1) is 8.49. The molecule has 0 amide bonds. The van der Waals surface area contributed by atoms with Gasteiger partial charge < -0.3 is 9.84 Å². The third kappa shape index (κ3) is 2.77. The molecule has 0 aromatic rings. The number of ether oxygens (including phenoxy) is 1. The number of aliphatic hydroxyl groups excluding tert-OH is 1. The zero-order valence-corrected chi connectivity index (χ0v) is 11.6. The predicted octanol–water partition coefficient (Wildman–Crippen LogP) is 2.68. The SMILES string of the molecule is C/C1=C\CC(O)[C@@H](C)C[C@H]2OC(=O)C(C)[C@@H]2CC1. The molecule has 3 heteroatoms. The van der Waals surface area contributed by atoms with Crippen molar-refractivity contribution in [2.75, 3.05) is 0 Å². The van der Waals surface area contributed by atoms with Gasteiger partial charge in [-0.15, -0.1) is 0 Å². The maximum atomic E-state index is 11.7. The van der Waals surface area contributed by atoms with Crippen molar-refractivity contribution in [2.24, 2.45) is 17.8 Å². The van der Waals surface area contributed by atoms with Gasteiger partial charge in [0.05, 0.1) is 12.0 Å². The third-order valence-electron chi connectivity index (χ3n) is 4.60. The quantitative estimate of drug-likeness (QED) is 0.532. The molecule has 0 bridgehead atoms. The van der Waals surface area contributed by atoms with Crippen LogP contribution in [0.3, 0.4) is 0 Å². The number of carbonyl (C=O) groups excluding carboxylic acids is 1. The number of allylic oxidation sites excluding steroid dienone is 1. The number of carbonyl (C=O) groups is 1. The van der Waals surface area contributed by atoms with E-state index in [2.05, 4.69) is 13.0 Å². The third-order valence-corrected chi connectivity index (χ3v) is 4.60. The molecule has 1 aliphatic heterocycles. The van der Waals surface area contributed by atoms with E-state index in [4.69, 9.17) is 4.74 Å². The van der Waals surface area contributed by atoms with Crippen molar-refractivity contribution in [2.45, 2.75) is 58.7 Å². The lowest BCUT2D eigenvalue weighted by Crippen LogP contribution is -2.27. The molecule has 0 aromatic heterocycles. The van der Waals surface area contributed by atoms with Gasteiger partial charge in [0.1, 0.15) is 6.10 Å². The Bertz CT molecular complexity index is 348. The highest BCUT2D eigenvalue weighted by Gasteiger charge is 2.42. The van der Waals surface area contributed by atoms with E-state index in [9.17, 15) is 9.90 Å². The van der Waals surface area contributed by atoms with Gasteiger partial charge >= 0.3 is 5.97 Å². The number of esters is 1. The number of fused-ring (bicyclic) bond motifs is 1. The fourth-order valence-corrected chi connectivity index (χ4v) is 3.07.